The predicted octanol–water partition coefficient (Wildman–Crippen LogP) is 4.30. The van der Waals surface area contributed by atoms with E-state index in [0.29, 0.717) is 40.4 Å². The molecule has 1 aliphatic rings. The Morgan fingerprint density at radius 2 is 1.72 bits per heavy atom. The zero-order chi connectivity index (χ0) is 22.8. The summed E-state index contributed by atoms with van der Waals surface area (Å²) in [7, 11) is 1.56. The zero-order valence-electron chi connectivity index (χ0n) is 17.7. The molecule has 7 nitrogen and oxygen atoms in total. The molecule has 0 saturated carbocycles. The number of ether oxygens (including phenoxy) is 1. The molecular formula is C25H22N2O5. The standard InChI is InChI=1S/C25H22N2O5/c1-15(25(30)31)16-4-9-20(10-5-16)27-14-18-3-8-19(13-22(18)24(27)29)26-23(28)17-6-11-21(32-2)12-7-17/h3-13,15H,14H2,1-2H3,(H,26,28)(H,30,31). The molecule has 3 aromatic rings. The highest BCUT2D eigenvalue weighted by Gasteiger charge is 2.29. The minimum absolute atomic E-state index is 0.167. The van der Waals surface area contributed by atoms with E-state index in [9.17, 15) is 14.4 Å². The molecule has 1 unspecified atom stereocenters. The second kappa shape index (κ2) is 8.55. The molecule has 4 rings (SSSR count). The van der Waals surface area contributed by atoms with E-state index in [4.69, 9.17) is 9.84 Å². The van der Waals surface area contributed by atoms with Gasteiger partial charge in [0.1, 0.15) is 5.75 Å². The van der Waals surface area contributed by atoms with Crippen LogP contribution in [0.5, 0.6) is 5.75 Å². The van der Waals surface area contributed by atoms with Gasteiger partial charge in [-0.3, -0.25) is 14.4 Å². The maximum atomic E-state index is 13.0. The Balaban J connectivity index is 1.50. The van der Waals surface area contributed by atoms with Crippen molar-refractivity contribution in [3.05, 3.63) is 89.0 Å². The quantitative estimate of drug-likeness (QED) is 0.608. The number of nitrogens with one attached hydrogen (secondary N) is 1. The number of aliphatic carboxylic acids is 1. The van der Waals surface area contributed by atoms with Crippen LogP contribution < -0.4 is 15.0 Å². The molecular weight excluding hydrogens is 408 g/mol. The number of carboxylic acids is 1. The first kappa shape index (κ1) is 21.1. The normalized spacial score (nSPS) is 13.4. The molecule has 1 atom stereocenters. The van der Waals surface area contributed by atoms with Crippen molar-refractivity contribution in [1.82, 2.24) is 0 Å². The van der Waals surface area contributed by atoms with Crippen LogP contribution in [0.1, 0.15) is 44.7 Å². The Morgan fingerprint density at radius 3 is 2.34 bits per heavy atom. The van der Waals surface area contributed by atoms with Gasteiger partial charge >= 0.3 is 5.97 Å². The van der Waals surface area contributed by atoms with Crippen molar-refractivity contribution < 1.29 is 24.2 Å². The number of carbonyl (C=O) groups excluding carboxylic acids is 2. The Morgan fingerprint density at radius 1 is 1.03 bits per heavy atom. The van der Waals surface area contributed by atoms with E-state index in [2.05, 4.69) is 5.32 Å². The maximum Gasteiger partial charge on any atom is 0.310 e. The highest BCUT2D eigenvalue weighted by molar-refractivity contribution is 6.11. The maximum absolute atomic E-state index is 13.0. The van der Waals surface area contributed by atoms with Crippen LogP contribution in [0.25, 0.3) is 0 Å². The average molecular weight is 430 g/mol. The summed E-state index contributed by atoms with van der Waals surface area (Å²) in [5.41, 5.74) is 3.77. The number of methoxy groups -OCH3 is 1. The molecule has 0 saturated heterocycles. The number of amides is 2. The molecule has 0 spiro atoms. The van der Waals surface area contributed by atoms with Gasteiger partial charge in [-0.2, -0.15) is 0 Å². The molecule has 0 bridgehead atoms. The lowest BCUT2D eigenvalue weighted by Crippen LogP contribution is -2.23. The molecule has 0 fully saturated rings. The molecule has 1 heterocycles. The number of hydrogen-bond donors (Lipinski definition) is 2. The average Bonchev–Trinajstić information content (AvgIpc) is 3.14. The first-order chi connectivity index (χ1) is 15.4. The van der Waals surface area contributed by atoms with E-state index in [1.165, 1.54) is 0 Å². The molecule has 32 heavy (non-hydrogen) atoms. The van der Waals surface area contributed by atoms with Crippen molar-refractivity contribution in [3.8, 4) is 5.75 Å². The van der Waals surface area contributed by atoms with Crippen LogP contribution in [0.3, 0.4) is 0 Å². The van der Waals surface area contributed by atoms with Crippen LogP contribution in [0.4, 0.5) is 11.4 Å². The van der Waals surface area contributed by atoms with E-state index in [0.717, 1.165) is 5.56 Å². The number of nitrogens with zero attached hydrogens (tertiary/aromatic N) is 1. The first-order valence-electron chi connectivity index (χ1n) is 10.1. The van der Waals surface area contributed by atoms with Gasteiger partial charge in [0, 0.05) is 22.5 Å². The van der Waals surface area contributed by atoms with E-state index < -0.39 is 11.9 Å². The fraction of sp³-hybridized carbons (Fsp3) is 0.160. The smallest absolute Gasteiger partial charge is 0.310 e. The summed E-state index contributed by atoms with van der Waals surface area (Å²) in [5, 5.41) is 12.0. The van der Waals surface area contributed by atoms with E-state index in [-0.39, 0.29) is 11.8 Å². The third-order valence-electron chi connectivity index (χ3n) is 5.60. The fourth-order valence-electron chi connectivity index (χ4n) is 3.62. The first-order valence-corrected chi connectivity index (χ1v) is 10.1. The van der Waals surface area contributed by atoms with Gasteiger partial charge in [-0.15, -0.1) is 0 Å². The number of rotatable bonds is 6. The van der Waals surface area contributed by atoms with Crippen LogP contribution in [-0.4, -0.2) is 30.0 Å². The zero-order valence-corrected chi connectivity index (χ0v) is 17.7. The topological polar surface area (TPSA) is 95.9 Å². The van der Waals surface area contributed by atoms with Crippen molar-refractivity contribution in [3.63, 3.8) is 0 Å². The van der Waals surface area contributed by atoms with Crippen LogP contribution >= 0.6 is 0 Å². The number of carboxylic acid groups (broad SMARTS) is 1. The van der Waals surface area contributed by atoms with Crippen LogP contribution in [0.2, 0.25) is 0 Å². The number of benzene rings is 3. The summed E-state index contributed by atoms with van der Waals surface area (Å²) in [6.45, 7) is 2.03. The van der Waals surface area contributed by atoms with Gasteiger partial charge in [0.2, 0.25) is 0 Å². The number of fused-ring (bicyclic) bond motifs is 1. The molecule has 2 amide bonds. The van der Waals surface area contributed by atoms with Crippen molar-refractivity contribution in [1.29, 1.82) is 0 Å². The van der Waals surface area contributed by atoms with E-state index in [1.54, 1.807) is 79.6 Å². The lowest BCUT2D eigenvalue weighted by molar-refractivity contribution is -0.138. The third-order valence-corrected chi connectivity index (χ3v) is 5.60. The summed E-state index contributed by atoms with van der Waals surface area (Å²) in [5.74, 6) is -1.30. The molecule has 7 heteroatoms. The van der Waals surface area contributed by atoms with E-state index >= 15 is 0 Å². The Bertz CT molecular complexity index is 1190. The summed E-state index contributed by atoms with van der Waals surface area (Å²) in [6, 6.07) is 19.0. The van der Waals surface area contributed by atoms with Crippen molar-refractivity contribution in [2.75, 3.05) is 17.3 Å². The molecule has 3 aromatic carbocycles. The summed E-state index contributed by atoms with van der Waals surface area (Å²) in [4.78, 5) is 38.3. The lowest BCUT2D eigenvalue weighted by Gasteiger charge is -2.17. The van der Waals surface area contributed by atoms with Gasteiger partial charge < -0.3 is 20.1 Å². The molecule has 0 aliphatic carbocycles. The number of anilines is 2. The van der Waals surface area contributed by atoms with Gasteiger partial charge in [0.15, 0.2) is 0 Å². The third kappa shape index (κ3) is 4.05. The Kier molecular flexibility index (Phi) is 5.64. The summed E-state index contributed by atoms with van der Waals surface area (Å²) < 4.78 is 5.10. The van der Waals surface area contributed by atoms with Crippen LogP contribution in [-0.2, 0) is 11.3 Å². The number of carbonyl (C=O) groups is 3. The SMILES string of the molecule is COc1ccc(C(=O)Nc2ccc3c(c2)C(=O)N(c2ccc(C(C)C(=O)O)cc2)C3)cc1. The fourth-order valence-corrected chi connectivity index (χ4v) is 3.62. The minimum atomic E-state index is -0.897. The highest BCUT2D eigenvalue weighted by Crippen LogP contribution is 2.31. The predicted molar refractivity (Wildman–Crippen MR) is 120 cm³/mol. The molecule has 0 radical (unpaired) electrons. The highest BCUT2D eigenvalue weighted by atomic mass is 16.5. The molecule has 1 aliphatic heterocycles. The number of hydrogen-bond acceptors (Lipinski definition) is 4. The lowest BCUT2D eigenvalue weighted by atomic mass is 10.0. The van der Waals surface area contributed by atoms with E-state index in [1.807, 2.05) is 6.07 Å². The Hall–Kier alpha value is -4.13. The largest absolute Gasteiger partial charge is 0.497 e. The second-order valence-electron chi connectivity index (χ2n) is 7.60. The van der Waals surface area contributed by atoms with Crippen LogP contribution in [0.15, 0.2) is 66.7 Å². The second-order valence-corrected chi connectivity index (χ2v) is 7.60. The van der Waals surface area contributed by atoms with Gasteiger partial charge in [0.05, 0.1) is 19.6 Å². The molecule has 0 aromatic heterocycles. The van der Waals surface area contributed by atoms with Gasteiger partial charge in [-0.1, -0.05) is 18.2 Å². The molecule has 162 valence electrons. The Labute approximate surface area is 185 Å². The van der Waals surface area contributed by atoms with Gasteiger partial charge in [-0.05, 0) is 66.6 Å². The minimum Gasteiger partial charge on any atom is -0.497 e. The monoisotopic (exact) mass is 430 g/mol. The van der Waals surface area contributed by atoms with Crippen molar-refractivity contribution in [2.45, 2.75) is 19.4 Å². The van der Waals surface area contributed by atoms with Gasteiger partial charge in [0.25, 0.3) is 11.8 Å². The van der Waals surface area contributed by atoms with Crippen molar-refractivity contribution >= 4 is 29.2 Å². The molecule has 2 N–H and O–H groups in total. The summed E-state index contributed by atoms with van der Waals surface area (Å²) in [6.07, 6.45) is 0. The van der Waals surface area contributed by atoms with Crippen LogP contribution in [0, 0.1) is 0 Å². The summed E-state index contributed by atoms with van der Waals surface area (Å²) >= 11 is 0. The van der Waals surface area contributed by atoms with Crippen molar-refractivity contribution in [2.24, 2.45) is 0 Å². The van der Waals surface area contributed by atoms with Gasteiger partial charge in [-0.25, -0.2) is 0 Å².